The standard InChI is InChI=1S/C11H19NO5/c1-8(13)17-7-9-6-12-10(14)4-5-11(9,15-2)16-3/h9H,4-7H2,1-3H3,(H,12,14). The van der Waals surface area contributed by atoms with Gasteiger partial charge in [0.15, 0.2) is 5.79 Å². The van der Waals surface area contributed by atoms with E-state index in [4.69, 9.17) is 14.2 Å². The lowest BCUT2D eigenvalue weighted by Gasteiger charge is -2.36. The van der Waals surface area contributed by atoms with Gasteiger partial charge in [-0.3, -0.25) is 9.59 Å². The molecule has 0 spiro atoms. The zero-order valence-electron chi connectivity index (χ0n) is 10.4. The minimum atomic E-state index is -0.880. The van der Waals surface area contributed by atoms with Crippen LogP contribution in [0.2, 0.25) is 0 Å². The number of hydrogen-bond donors (Lipinski definition) is 1. The number of hydrogen-bond acceptors (Lipinski definition) is 5. The average Bonchev–Trinajstić information content (AvgIpc) is 2.47. The summed E-state index contributed by atoms with van der Waals surface area (Å²) in [6, 6.07) is 0. The van der Waals surface area contributed by atoms with Crippen LogP contribution in [0.1, 0.15) is 19.8 Å². The van der Waals surface area contributed by atoms with Crippen LogP contribution in [0.15, 0.2) is 0 Å². The lowest BCUT2D eigenvalue weighted by molar-refractivity contribution is -0.247. The monoisotopic (exact) mass is 245 g/mol. The Morgan fingerprint density at radius 1 is 1.47 bits per heavy atom. The zero-order chi connectivity index (χ0) is 12.9. The molecule has 1 fully saturated rings. The van der Waals surface area contributed by atoms with Crippen LogP contribution in [-0.4, -0.2) is 45.0 Å². The Balaban J connectivity index is 2.77. The van der Waals surface area contributed by atoms with Gasteiger partial charge in [0.1, 0.15) is 6.61 Å². The van der Waals surface area contributed by atoms with Crippen molar-refractivity contribution in [2.24, 2.45) is 5.92 Å². The number of esters is 1. The van der Waals surface area contributed by atoms with Crippen molar-refractivity contribution in [3.63, 3.8) is 0 Å². The highest BCUT2D eigenvalue weighted by Gasteiger charge is 2.42. The van der Waals surface area contributed by atoms with Crippen molar-refractivity contribution in [3.05, 3.63) is 0 Å². The number of carbonyl (C=O) groups excluding carboxylic acids is 2. The van der Waals surface area contributed by atoms with Crippen molar-refractivity contribution in [3.8, 4) is 0 Å². The van der Waals surface area contributed by atoms with E-state index in [1.807, 2.05) is 0 Å². The van der Waals surface area contributed by atoms with Gasteiger partial charge in [0.2, 0.25) is 5.91 Å². The highest BCUT2D eigenvalue weighted by molar-refractivity contribution is 5.76. The topological polar surface area (TPSA) is 73.9 Å². The van der Waals surface area contributed by atoms with Crippen molar-refractivity contribution in [2.75, 3.05) is 27.4 Å². The molecule has 0 saturated carbocycles. The molecule has 0 aliphatic carbocycles. The lowest BCUT2D eigenvalue weighted by atomic mass is 9.96. The summed E-state index contributed by atoms with van der Waals surface area (Å²) >= 11 is 0. The van der Waals surface area contributed by atoms with Crippen LogP contribution in [0, 0.1) is 5.92 Å². The Kier molecular flexibility index (Phi) is 4.89. The largest absolute Gasteiger partial charge is 0.465 e. The van der Waals surface area contributed by atoms with E-state index in [1.54, 1.807) is 0 Å². The highest BCUT2D eigenvalue weighted by atomic mass is 16.7. The molecule has 1 rings (SSSR count). The quantitative estimate of drug-likeness (QED) is 0.560. The number of rotatable bonds is 4. The molecule has 1 N–H and O–H groups in total. The summed E-state index contributed by atoms with van der Waals surface area (Å²) in [7, 11) is 3.06. The molecule has 1 amide bonds. The Bertz CT molecular complexity index is 288. The second kappa shape index (κ2) is 5.97. The van der Waals surface area contributed by atoms with E-state index in [0.29, 0.717) is 19.4 Å². The third kappa shape index (κ3) is 3.41. The van der Waals surface area contributed by atoms with E-state index in [2.05, 4.69) is 5.32 Å². The first-order valence-corrected chi connectivity index (χ1v) is 5.54. The van der Waals surface area contributed by atoms with E-state index in [9.17, 15) is 9.59 Å². The summed E-state index contributed by atoms with van der Waals surface area (Å²) in [4.78, 5) is 22.2. The average molecular weight is 245 g/mol. The normalized spacial score (nSPS) is 23.7. The van der Waals surface area contributed by atoms with Crippen molar-refractivity contribution >= 4 is 11.9 Å². The Labute approximate surface area is 101 Å². The van der Waals surface area contributed by atoms with E-state index < -0.39 is 5.79 Å². The lowest BCUT2D eigenvalue weighted by Crippen LogP contribution is -2.46. The molecule has 0 bridgehead atoms. The van der Waals surface area contributed by atoms with Crippen LogP contribution in [-0.2, 0) is 23.8 Å². The van der Waals surface area contributed by atoms with Gasteiger partial charge in [-0.2, -0.15) is 0 Å². The number of carbonyl (C=O) groups is 2. The second-order valence-corrected chi connectivity index (χ2v) is 4.02. The molecule has 1 heterocycles. The van der Waals surface area contributed by atoms with Gasteiger partial charge in [0.25, 0.3) is 0 Å². The van der Waals surface area contributed by atoms with Gasteiger partial charge >= 0.3 is 5.97 Å². The molecular formula is C11H19NO5. The molecule has 6 nitrogen and oxygen atoms in total. The summed E-state index contributed by atoms with van der Waals surface area (Å²) < 4.78 is 15.8. The van der Waals surface area contributed by atoms with Crippen LogP contribution in [0.25, 0.3) is 0 Å². The van der Waals surface area contributed by atoms with E-state index >= 15 is 0 Å². The van der Waals surface area contributed by atoms with Crippen molar-refractivity contribution in [1.29, 1.82) is 0 Å². The Hall–Kier alpha value is -1.14. The Morgan fingerprint density at radius 3 is 2.65 bits per heavy atom. The predicted octanol–water partition coefficient (Wildman–Crippen LogP) is 0.0648. The van der Waals surface area contributed by atoms with Crippen LogP contribution < -0.4 is 5.32 Å². The van der Waals surface area contributed by atoms with Gasteiger partial charge in [-0.05, 0) is 0 Å². The second-order valence-electron chi connectivity index (χ2n) is 4.02. The molecule has 0 aromatic carbocycles. The third-order valence-corrected chi connectivity index (χ3v) is 3.05. The van der Waals surface area contributed by atoms with Gasteiger partial charge < -0.3 is 19.5 Å². The molecule has 6 heteroatoms. The maximum absolute atomic E-state index is 11.4. The predicted molar refractivity (Wildman–Crippen MR) is 59.1 cm³/mol. The maximum atomic E-state index is 11.4. The first-order valence-electron chi connectivity index (χ1n) is 5.54. The van der Waals surface area contributed by atoms with Gasteiger partial charge in [0, 0.05) is 40.5 Å². The first kappa shape index (κ1) is 13.9. The van der Waals surface area contributed by atoms with Gasteiger partial charge in [-0.25, -0.2) is 0 Å². The molecule has 1 saturated heterocycles. The minimum absolute atomic E-state index is 0.0474. The van der Waals surface area contributed by atoms with E-state index in [0.717, 1.165) is 0 Å². The van der Waals surface area contributed by atoms with Crippen molar-refractivity contribution in [2.45, 2.75) is 25.6 Å². The molecule has 0 aromatic heterocycles. The van der Waals surface area contributed by atoms with E-state index in [1.165, 1.54) is 21.1 Å². The van der Waals surface area contributed by atoms with Crippen LogP contribution in [0.4, 0.5) is 0 Å². The Morgan fingerprint density at radius 2 is 2.12 bits per heavy atom. The summed E-state index contributed by atoms with van der Waals surface area (Å²) in [5.41, 5.74) is 0. The summed E-state index contributed by atoms with van der Waals surface area (Å²) in [5.74, 6) is -1.50. The minimum Gasteiger partial charge on any atom is -0.465 e. The van der Waals surface area contributed by atoms with Gasteiger partial charge in [0.05, 0.1) is 5.92 Å². The fourth-order valence-electron chi connectivity index (χ4n) is 2.00. The molecule has 1 atom stereocenters. The summed E-state index contributed by atoms with van der Waals surface area (Å²) in [6.07, 6.45) is 0.774. The molecular weight excluding hydrogens is 226 g/mol. The number of amides is 1. The van der Waals surface area contributed by atoms with Crippen molar-refractivity contribution in [1.82, 2.24) is 5.32 Å². The van der Waals surface area contributed by atoms with Crippen LogP contribution in [0.5, 0.6) is 0 Å². The number of nitrogens with one attached hydrogen (secondary N) is 1. The van der Waals surface area contributed by atoms with Gasteiger partial charge in [-0.15, -0.1) is 0 Å². The molecule has 98 valence electrons. The van der Waals surface area contributed by atoms with Crippen LogP contribution in [0.3, 0.4) is 0 Å². The summed E-state index contributed by atoms with van der Waals surface area (Å²) in [6.45, 7) is 1.88. The number of ether oxygens (including phenoxy) is 3. The number of methoxy groups -OCH3 is 2. The van der Waals surface area contributed by atoms with Gasteiger partial charge in [-0.1, -0.05) is 0 Å². The fourth-order valence-corrected chi connectivity index (χ4v) is 2.00. The third-order valence-electron chi connectivity index (χ3n) is 3.05. The molecule has 1 aliphatic rings. The zero-order valence-corrected chi connectivity index (χ0v) is 10.4. The molecule has 1 unspecified atom stereocenters. The smallest absolute Gasteiger partial charge is 0.302 e. The maximum Gasteiger partial charge on any atom is 0.302 e. The first-order chi connectivity index (χ1) is 8.04. The molecule has 1 aliphatic heterocycles. The highest BCUT2D eigenvalue weighted by Crippen LogP contribution is 2.30. The van der Waals surface area contributed by atoms with E-state index in [-0.39, 0.29) is 24.4 Å². The summed E-state index contributed by atoms with van der Waals surface area (Å²) in [5, 5.41) is 2.75. The van der Waals surface area contributed by atoms with Crippen LogP contribution >= 0.6 is 0 Å². The molecule has 0 radical (unpaired) electrons. The molecule has 0 aromatic rings. The molecule has 17 heavy (non-hydrogen) atoms. The fraction of sp³-hybridized carbons (Fsp3) is 0.818. The van der Waals surface area contributed by atoms with Crippen molar-refractivity contribution < 1.29 is 23.8 Å². The SMILES string of the molecule is COC1(OC)CCC(=O)NCC1COC(C)=O.